The van der Waals surface area contributed by atoms with Crippen LogP contribution in [0.5, 0.6) is 0 Å². The first kappa shape index (κ1) is 15.5. The van der Waals surface area contributed by atoms with Gasteiger partial charge >= 0.3 is 0 Å². The van der Waals surface area contributed by atoms with E-state index in [1.54, 1.807) is 24.3 Å². The summed E-state index contributed by atoms with van der Waals surface area (Å²) in [6.45, 7) is 2.79. The zero-order chi connectivity index (χ0) is 15.7. The summed E-state index contributed by atoms with van der Waals surface area (Å²) in [5.41, 5.74) is 1.57. The molecule has 0 spiro atoms. The third kappa shape index (κ3) is 3.02. The molecule has 1 amide bonds. The Hall–Kier alpha value is -1.43. The molecule has 3 nitrogen and oxygen atoms in total. The van der Waals surface area contributed by atoms with Gasteiger partial charge in [0.1, 0.15) is 0 Å². The van der Waals surface area contributed by atoms with Crippen molar-refractivity contribution in [3.63, 3.8) is 0 Å². The fourth-order valence-corrected chi connectivity index (χ4v) is 4.05. The Balaban J connectivity index is 2.14. The molecule has 2 aromatic carbocycles. The van der Waals surface area contributed by atoms with E-state index in [2.05, 4.69) is 20.9 Å². The van der Waals surface area contributed by atoms with Gasteiger partial charge in [-0.2, -0.15) is 4.99 Å². The number of thiazole rings is 1. The lowest BCUT2D eigenvalue weighted by atomic mass is 10.2. The summed E-state index contributed by atoms with van der Waals surface area (Å²) in [6, 6.07) is 12.9. The van der Waals surface area contributed by atoms with Gasteiger partial charge in [0, 0.05) is 21.6 Å². The van der Waals surface area contributed by atoms with Crippen molar-refractivity contribution in [3.8, 4) is 0 Å². The van der Waals surface area contributed by atoms with Gasteiger partial charge in [-0.15, -0.1) is 0 Å². The molecule has 0 aliphatic heterocycles. The second-order valence-corrected chi connectivity index (χ2v) is 7.03. The number of carbonyl (C=O) groups excluding carboxylic acids is 1. The lowest BCUT2D eigenvalue weighted by molar-refractivity contribution is 0.0998. The highest BCUT2D eigenvalue weighted by Gasteiger charge is 2.09. The van der Waals surface area contributed by atoms with Gasteiger partial charge in [-0.05, 0) is 43.3 Å². The third-order valence-corrected chi connectivity index (χ3v) is 5.00. The van der Waals surface area contributed by atoms with Crippen molar-refractivity contribution < 1.29 is 4.79 Å². The second kappa shape index (κ2) is 6.36. The van der Waals surface area contributed by atoms with Gasteiger partial charge in [-0.1, -0.05) is 44.9 Å². The van der Waals surface area contributed by atoms with Crippen LogP contribution >= 0.6 is 38.9 Å². The number of fused-ring (bicyclic) bond motifs is 1. The summed E-state index contributed by atoms with van der Waals surface area (Å²) in [5, 5.41) is 0.532. The van der Waals surface area contributed by atoms with Crippen LogP contribution < -0.4 is 4.80 Å². The SMILES string of the molecule is CCn1c(=NC(=O)c2cccc(Cl)c2)sc2cc(Br)ccc21. The topological polar surface area (TPSA) is 34.4 Å². The van der Waals surface area contributed by atoms with E-state index in [0.29, 0.717) is 15.4 Å². The van der Waals surface area contributed by atoms with E-state index in [0.717, 1.165) is 21.2 Å². The van der Waals surface area contributed by atoms with Crippen LogP contribution in [-0.4, -0.2) is 10.5 Å². The smallest absolute Gasteiger partial charge is 0.279 e. The minimum absolute atomic E-state index is 0.282. The molecule has 0 atom stereocenters. The Labute approximate surface area is 145 Å². The van der Waals surface area contributed by atoms with E-state index in [1.165, 1.54) is 11.3 Å². The molecule has 112 valence electrons. The quantitative estimate of drug-likeness (QED) is 0.609. The lowest BCUT2D eigenvalue weighted by Gasteiger charge is -2.00. The monoisotopic (exact) mass is 394 g/mol. The van der Waals surface area contributed by atoms with E-state index in [9.17, 15) is 4.79 Å². The molecule has 0 saturated carbocycles. The second-order valence-electron chi connectivity index (χ2n) is 4.67. The molecule has 0 bridgehead atoms. The Bertz CT molecular complexity index is 929. The molecule has 0 fully saturated rings. The van der Waals surface area contributed by atoms with Crippen LogP contribution in [-0.2, 0) is 6.54 Å². The Morgan fingerprint density at radius 1 is 1.32 bits per heavy atom. The minimum Gasteiger partial charge on any atom is -0.317 e. The zero-order valence-corrected chi connectivity index (χ0v) is 14.9. The average molecular weight is 396 g/mol. The summed E-state index contributed by atoms with van der Waals surface area (Å²) in [7, 11) is 0. The minimum atomic E-state index is -0.282. The van der Waals surface area contributed by atoms with Crippen molar-refractivity contribution >= 4 is 55.0 Å². The maximum Gasteiger partial charge on any atom is 0.279 e. The van der Waals surface area contributed by atoms with Gasteiger partial charge < -0.3 is 4.57 Å². The summed E-state index contributed by atoms with van der Waals surface area (Å²) < 4.78 is 4.14. The number of aryl methyl sites for hydroxylation is 1. The Morgan fingerprint density at radius 2 is 2.14 bits per heavy atom. The average Bonchev–Trinajstić information content (AvgIpc) is 2.83. The van der Waals surface area contributed by atoms with Crippen LogP contribution in [0.25, 0.3) is 10.2 Å². The number of halogens is 2. The molecule has 0 aliphatic carbocycles. The fourth-order valence-electron chi connectivity index (χ4n) is 2.21. The summed E-state index contributed by atoms with van der Waals surface area (Å²) in [5.74, 6) is -0.282. The molecule has 1 heterocycles. The first-order chi connectivity index (χ1) is 10.6. The molecule has 0 unspecified atom stereocenters. The Kier molecular flexibility index (Phi) is 4.47. The normalized spacial score (nSPS) is 12.0. The largest absolute Gasteiger partial charge is 0.317 e. The Morgan fingerprint density at radius 3 is 2.86 bits per heavy atom. The van der Waals surface area contributed by atoms with Crippen molar-refractivity contribution in [1.82, 2.24) is 4.57 Å². The van der Waals surface area contributed by atoms with Crippen LogP contribution in [0.2, 0.25) is 5.02 Å². The summed E-state index contributed by atoms with van der Waals surface area (Å²) in [6.07, 6.45) is 0. The highest BCUT2D eigenvalue weighted by atomic mass is 79.9. The van der Waals surface area contributed by atoms with Crippen LogP contribution in [0, 0.1) is 0 Å². The van der Waals surface area contributed by atoms with E-state index >= 15 is 0 Å². The van der Waals surface area contributed by atoms with Crippen LogP contribution in [0.4, 0.5) is 0 Å². The molecule has 0 aliphatic rings. The number of aromatic nitrogens is 1. The standard InChI is InChI=1S/C16H12BrClN2OS/c1-2-20-13-7-6-11(17)9-14(13)22-16(20)19-15(21)10-4-3-5-12(18)8-10/h3-9H,2H2,1H3. The van der Waals surface area contributed by atoms with Crippen LogP contribution in [0.15, 0.2) is 51.9 Å². The van der Waals surface area contributed by atoms with Gasteiger partial charge in [-0.3, -0.25) is 4.79 Å². The number of carbonyl (C=O) groups is 1. The van der Waals surface area contributed by atoms with Gasteiger partial charge in [0.2, 0.25) is 0 Å². The van der Waals surface area contributed by atoms with E-state index < -0.39 is 0 Å². The number of rotatable bonds is 2. The predicted molar refractivity (Wildman–Crippen MR) is 94.5 cm³/mol. The third-order valence-electron chi connectivity index (χ3n) is 3.23. The molecule has 22 heavy (non-hydrogen) atoms. The number of nitrogens with zero attached hydrogens (tertiary/aromatic N) is 2. The fraction of sp³-hybridized carbons (Fsp3) is 0.125. The first-order valence-electron chi connectivity index (χ1n) is 6.72. The number of benzene rings is 2. The zero-order valence-electron chi connectivity index (χ0n) is 11.7. The van der Waals surface area contributed by atoms with E-state index in [1.807, 2.05) is 29.7 Å². The highest BCUT2D eigenvalue weighted by Crippen LogP contribution is 2.22. The predicted octanol–water partition coefficient (Wildman–Crippen LogP) is 4.88. The maximum absolute atomic E-state index is 12.3. The van der Waals surface area contributed by atoms with Crippen molar-refractivity contribution in [2.45, 2.75) is 13.5 Å². The summed E-state index contributed by atoms with van der Waals surface area (Å²) >= 11 is 10.9. The molecule has 1 aromatic heterocycles. The number of hydrogen-bond acceptors (Lipinski definition) is 2. The molecular formula is C16H12BrClN2OS. The van der Waals surface area contributed by atoms with Crippen LogP contribution in [0.3, 0.4) is 0 Å². The lowest BCUT2D eigenvalue weighted by Crippen LogP contribution is -2.15. The van der Waals surface area contributed by atoms with Gasteiger partial charge in [-0.25, -0.2) is 0 Å². The highest BCUT2D eigenvalue weighted by molar-refractivity contribution is 9.10. The molecule has 3 rings (SSSR count). The molecular weight excluding hydrogens is 384 g/mol. The maximum atomic E-state index is 12.3. The molecule has 0 radical (unpaired) electrons. The van der Waals surface area contributed by atoms with E-state index in [4.69, 9.17) is 11.6 Å². The van der Waals surface area contributed by atoms with Crippen molar-refractivity contribution in [2.75, 3.05) is 0 Å². The number of amides is 1. The first-order valence-corrected chi connectivity index (χ1v) is 8.70. The summed E-state index contributed by atoms with van der Waals surface area (Å²) in [4.78, 5) is 17.3. The van der Waals surface area contributed by atoms with Gasteiger partial charge in [0.25, 0.3) is 5.91 Å². The molecule has 0 saturated heterocycles. The molecule has 3 aromatic rings. The van der Waals surface area contributed by atoms with E-state index in [-0.39, 0.29) is 5.91 Å². The van der Waals surface area contributed by atoms with Crippen LogP contribution in [0.1, 0.15) is 17.3 Å². The molecule has 0 N–H and O–H groups in total. The van der Waals surface area contributed by atoms with Crippen molar-refractivity contribution in [1.29, 1.82) is 0 Å². The molecule has 6 heteroatoms. The van der Waals surface area contributed by atoms with Crippen molar-refractivity contribution in [3.05, 3.63) is 62.3 Å². The van der Waals surface area contributed by atoms with Crippen molar-refractivity contribution in [2.24, 2.45) is 4.99 Å². The van der Waals surface area contributed by atoms with Gasteiger partial charge in [0.15, 0.2) is 4.80 Å². The number of hydrogen-bond donors (Lipinski definition) is 0. The van der Waals surface area contributed by atoms with Gasteiger partial charge in [0.05, 0.1) is 10.2 Å².